The number of benzene rings is 2. The van der Waals surface area contributed by atoms with Gasteiger partial charge in [0.05, 0.1) is 6.20 Å². The van der Waals surface area contributed by atoms with Crippen LogP contribution in [0, 0.1) is 6.92 Å². The molecule has 0 saturated carbocycles. The van der Waals surface area contributed by atoms with Crippen molar-refractivity contribution in [1.29, 1.82) is 0 Å². The molecule has 5 nitrogen and oxygen atoms in total. The molecular formula is C18H19N5. The van der Waals surface area contributed by atoms with E-state index in [1.807, 2.05) is 48.3 Å². The monoisotopic (exact) mass is 305 g/mol. The predicted molar refractivity (Wildman–Crippen MR) is 92.8 cm³/mol. The van der Waals surface area contributed by atoms with Gasteiger partial charge in [-0.15, -0.1) is 5.10 Å². The van der Waals surface area contributed by atoms with Gasteiger partial charge in [-0.3, -0.25) is 0 Å². The van der Waals surface area contributed by atoms with E-state index in [4.69, 9.17) is 0 Å². The molecule has 0 amide bonds. The summed E-state index contributed by atoms with van der Waals surface area (Å²) in [4.78, 5) is 6.52. The number of aryl methyl sites for hydroxylation is 1. The molecule has 0 bridgehead atoms. The Morgan fingerprint density at radius 3 is 2.52 bits per heavy atom. The second-order valence-electron chi connectivity index (χ2n) is 5.42. The second kappa shape index (κ2) is 6.87. The maximum Gasteiger partial charge on any atom is 0.247 e. The maximum absolute atomic E-state index is 4.55. The van der Waals surface area contributed by atoms with Crippen molar-refractivity contribution < 1.29 is 0 Å². The van der Waals surface area contributed by atoms with Gasteiger partial charge in [0.25, 0.3) is 0 Å². The summed E-state index contributed by atoms with van der Waals surface area (Å²) in [5.74, 6) is 1.27. The largest absolute Gasteiger partial charge is 0.339 e. The molecule has 1 heterocycles. The van der Waals surface area contributed by atoms with Crippen LogP contribution in [-0.2, 0) is 6.54 Å². The van der Waals surface area contributed by atoms with E-state index in [9.17, 15) is 0 Å². The Kier molecular flexibility index (Phi) is 4.47. The van der Waals surface area contributed by atoms with Crippen molar-refractivity contribution in [1.82, 2.24) is 15.2 Å². The van der Waals surface area contributed by atoms with Crippen LogP contribution in [0.15, 0.2) is 60.8 Å². The van der Waals surface area contributed by atoms with Crippen molar-refractivity contribution >= 4 is 17.5 Å². The van der Waals surface area contributed by atoms with Crippen molar-refractivity contribution in [2.75, 3.05) is 17.3 Å². The highest BCUT2D eigenvalue weighted by molar-refractivity contribution is 5.60. The number of nitrogens with one attached hydrogen (secondary N) is 1. The number of anilines is 3. The standard InChI is InChI=1S/C18H19N5/c1-14-8-6-7-11-16(14)20-17-12-19-22-18(21-17)23(2)13-15-9-4-3-5-10-15/h3-12H,13H2,1-2H3,(H,20,21,22). The van der Waals surface area contributed by atoms with Crippen LogP contribution in [-0.4, -0.2) is 22.2 Å². The van der Waals surface area contributed by atoms with E-state index >= 15 is 0 Å². The van der Waals surface area contributed by atoms with Crippen molar-refractivity contribution in [3.05, 3.63) is 71.9 Å². The van der Waals surface area contributed by atoms with E-state index in [-0.39, 0.29) is 0 Å². The fraction of sp³-hybridized carbons (Fsp3) is 0.167. The van der Waals surface area contributed by atoms with Crippen LogP contribution in [0.4, 0.5) is 17.5 Å². The van der Waals surface area contributed by atoms with Crippen LogP contribution < -0.4 is 10.2 Å². The molecule has 1 aromatic heterocycles. The number of aromatic nitrogens is 3. The molecule has 0 aliphatic rings. The summed E-state index contributed by atoms with van der Waals surface area (Å²) >= 11 is 0. The van der Waals surface area contributed by atoms with Gasteiger partial charge in [0, 0.05) is 19.3 Å². The zero-order valence-corrected chi connectivity index (χ0v) is 13.3. The molecule has 5 heteroatoms. The van der Waals surface area contributed by atoms with Gasteiger partial charge in [-0.1, -0.05) is 48.5 Å². The Hall–Kier alpha value is -2.95. The van der Waals surface area contributed by atoms with Crippen molar-refractivity contribution in [3.8, 4) is 0 Å². The lowest BCUT2D eigenvalue weighted by Crippen LogP contribution is -2.20. The van der Waals surface area contributed by atoms with Crippen molar-refractivity contribution in [3.63, 3.8) is 0 Å². The van der Waals surface area contributed by atoms with Crippen LogP contribution in [0.2, 0.25) is 0 Å². The molecule has 0 fully saturated rings. The summed E-state index contributed by atoms with van der Waals surface area (Å²) in [5, 5.41) is 11.5. The third-order valence-electron chi connectivity index (χ3n) is 3.56. The molecule has 23 heavy (non-hydrogen) atoms. The summed E-state index contributed by atoms with van der Waals surface area (Å²) in [6.07, 6.45) is 1.63. The predicted octanol–water partition coefficient (Wildman–Crippen LogP) is 3.56. The van der Waals surface area contributed by atoms with Gasteiger partial charge in [0.2, 0.25) is 5.95 Å². The minimum Gasteiger partial charge on any atom is -0.339 e. The van der Waals surface area contributed by atoms with Gasteiger partial charge < -0.3 is 10.2 Å². The van der Waals surface area contributed by atoms with E-state index in [1.165, 1.54) is 5.56 Å². The lowest BCUT2D eigenvalue weighted by atomic mass is 10.2. The Morgan fingerprint density at radius 1 is 1.00 bits per heavy atom. The quantitative estimate of drug-likeness (QED) is 0.781. The molecule has 0 aliphatic carbocycles. The molecule has 0 unspecified atom stereocenters. The summed E-state index contributed by atoms with van der Waals surface area (Å²) in [5.41, 5.74) is 3.38. The maximum atomic E-state index is 4.55. The minimum atomic E-state index is 0.590. The average Bonchev–Trinajstić information content (AvgIpc) is 2.58. The normalized spacial score (nSPS) is 10.3. The molecule has 1 N–H and O–H groups in total. The summed E-state index contributed by atoms with van der Waals surface area (Å²) < 4.78 is 0. The van der Waals surface area contributed by atoms with Gasteiger partial charge in [-0.25, -0.2) is 0 Å². The lowest BCUT2D eigenvalue weighted by Gasteiger charge is -2.17. The highest BCUT2D eigenvalue weighted by atomic mass is 15.3. The first kappa shape index (κ1) is 15.0. The molecular weight excluding hydrogens is 286 g/mol. The van der Waals surface area contributed by atoms with Crippen molar-refractivity contribution in [2.45, 2.75) is 13.5 Å². The van der Waals surface area contributed by atoms with Crippen molar-refractivity contribution in [2.24, 2.45) is 0 Å². The molecule has 0 spiro atoms. The minimum absolute atomic E-state index is 0.590. The molecule has 0 radical (unpaired) electrons. The van der Waals surface area contributed by atoms with Gasteiger partial charge in [-0.2, -0.15) is 10.1 Å². The Balaban J connectivity index is 1.76. The molecule has 3 aromatic rings. The van der Waals surface area contributed by atoms with Crippen LogP contribution in [0.3, 0.4) is 0 Å². The van der Waals surface area contributed by atoms with Gasteiger partial charge in [-0.05, 0) is 24.1 Å². The lowest BCUT2D eigenvalue weighted by molar-refractivity contribution is 0.831. The van der Waals surface area contributed by atoms with E-state index in [0.29, 0.717) is 11.8 Å². The number of nitrogens with zero attached hydrogens (tertiary/aromatic N) is 4. The Morgan fingerprint density at radius 2 is 1.74 bits per heavy atom. The number of rotatable bonds is 5. The van der Waals surface area contributed by atoms with Crippen LogP contribution in [0.5, 0.6) is 0 Å². The highest BCUT2D eigenvalue weighted by Gasteiger charge is 2.08. The molecule has 0 saturated heterocycles. The first-order chi connectivity index (χ1) is 11.2. The number of hydrogen-bond donors (Lipinski definition) is 1. The van der Waals surface area contributed by atoms with E-state index in [1.54, 1.807) is 6.20 Å². The van der Waals surface area contributed by atoms with E-state index < -0.39 is 0 Å². The van der Waals surface area contributed by atoms with E-state index in [2.05, 4.69) is 45.6 Å². The van der Waals surface area contributed by atoms with Gasteiger partial charge in [0.1, 0.15) is 0 Å². The van der Waals surface area contributed by atoms with Crippen LogP contribution >= 0.6 is 0 Å². The zero-order valence-electron chi connectivity index (χ0n) is 13.3. The molecule has 0 atom stereocenters. The van der Waals surface area contributed by atoms with Crippen LogP contribution in [0.25, 0.3) is 0 Å². The first-order valence-corrected chi connectivity index (χ1v) is 7.50. The third kappa shape index (κ3) is 3.83. The Labute approximate surface area is 136 Å². The zero-order chi connectivity index (χ0) is 16.1. The van der Waals surface area contributed by atoms with Crippen LogP contribution in [0.1, 0.15) is 11.1 Å². The average molecular weight is 305 g/mol. The second-order valence-corrected chi connectivity index (χ2v) is 5.42. The third-order valence-corrected chi connectivity index (χ3v) is 3.56. The SMILES string of the molecule is Cc1ccccc1Nc1cnnc(N(C)Cc2ccccc2)n1. The molecule has 2 aromatic carbocycles. The number of hydrogen-bond acceptors (Lipinski definition) is 5. The summed E-state index contributed by atoms with van der Waals surface area (Å²) in [6.45, 7) is 2.79. The first-order valence-electron chi connectivity index (χ1n) is 7.50. The highest BCUT2D eigenvalue weighted by Crippen LogP contribution is 2.19. The topological polar surface area (TPSA) is 53.9 Å². The molecule has 0 aliphatic heterocycles. The summed E-state index contributed by atoms with van der Waals surface area (Å²) in [7, 11) is 1.96. The van der Waals surface area contributed by atoms with Gasteiger partial charge >= 0.3 is 0 Å². The van der Waals surface area contributed by atoms with Gasteiger partial charge in [0.15, 0.2) is 5.82 Å². The van der Waals surface area contributed by atoms with E-state index in [0.717, 1.165) is 17.8 Å². The fourth-order valence-corrected chi connectivity index (χ4v) is 2.30. The molecule has 3 rings (SSSR count). The smallest absolute Gasteiger partial charge is 0.247 e. The number of para-hydroxylation sites is 1. The molecule has 116 valence electrons. The summed E-state index contributed by atoms with van der Waals surface area (Å²) in [6, 6.07) is 18.3. The Bertz CT molecular complexity index is 773. The fourth-order valence-electron chi connectivity index (χ4n) is 2.30.